The van der Waals surface area contributed by atoms with Gasteiger partial charge in [-0.25, -0.2) is 0 Å². The maximum absolute atomic E-state index is 12.2. The summed E-state index contributed by atoms with van der Waals surface area (Å²) in [7, 11) is 0. The van der Waals surface area contributed by atoms with Gasteiger partial charge in [-0.2, -0.15) is 0 Å². The van der Waals surface area contributed by atoms with Crippen LogP contribution in [0.4, 0.5) is 0 Å². The van der Waals surface area contributed by atoms with Gasteiger partial charge in [0.15, 0.2) is 0 Å². The van der Waals surface area contributed by atoms with Gasteiger partial charge in [-0.15, -0.1) is 24.2 Å². The molecule has 0 unspecified atom stereocenters. The normalized spacial score (nSPS) is 10.2. The minimum absolute atomic E-state index is 0. The molecule has 0 aliphatic rings. The molecule has 0 aliphatic heterocycles. The predicted molar refractivity (Wildman–Crippen MR) is 95.2 cm³/mol. The van der Waals surface area contributed by atoms with Crippen LogP contribution in [0.15, 0.2) is 33.7 Å². The molecule has 2 aromatic rings. The highest BCUT2D eigenvalue weighted by Gasteiger charge is 2.13. The molecule has 7 heteroatoms. The molecular formula is C16H22ClN3O2S. The highest BCUT2D eigenvalue weighted by Crippen LogP contribution is 2.28. The molecule has 23 heavy (non-hydrogen) atoms. The number of aryl methyl sites for hydroxylation is 2. The maximum Gasteiger partial charge on any atom is 0.252 e. The summed E-state index contributed by atoms with van der Waals surface area (Å²) in [5.41, 5.74) is 8.12. The third kappa shape index (κ3) is 5.27. The van der Waals surface area contributed by atoms with Crippen molar-refractivity contribution in [3.05, 3.63) is 46.8 Å². The second kappa shape index (κ2) is 9.60. The molecule has 0 spiro atoms. The van der Waals surface area contributed by atoms with Crippen LogP contribution in [0.3, 0.4) is 0 Å². The van der Waals surface area contributed by atoms with Crippen LogP contribution < -0.4 is 11.1 Å². The van der Waals surface area contributed by atoms with Gasteiger partial charge < -0.3 is 15.6 Å². The largest absolute Gasteiger partial charge is 0.361 e. The Morgan fingerprint density at radius 2 is 2.09 bits per heavy atom. The molecule has 1 aromatic carbocycles. The number of carbonyl (C=O) groups is 1. The van der Waals surface area contributed by atoms with Gasteiger partial charge in [0.2, 0.25) is 0 Å². The van der Waals surface area contributed by atoms with Gasteiger partial charge in [-0.05, 0) is 38.9 Å². The number of rotatable bonds is 7. The van der Waals surface area contributed by atoms with E-state index in [2.05, 4.69) is 10.5 Å². The fourth-order valence-electron chi connectivity index (χ4n) is 2.04. The van der Waals surface area contributed by atoms with Crippen LogP contribution in [0.2, 0.25) is 0 Å². The van der Waals surface area contributed by atoms with E-state index in [0.29, 0.717) is 18.7 Å². The third-order valence-electron chi connectivity index (χ3n) is 3.35. The summed E-state index contributed by atoms with van der Waals surface area (Å²) in [6.45, 7) is 5.00. The second-order valence-corrected chi connectivity index (χ2v) is 6.00. The zero-order valence-electron chi connectivity index (χ0n) is 13.3. The van der Waals surface area contributed by atoms with Crippen molar-refractivity contribution in [1.82, 2.24) is 10.5 Å². The molecule has 0 radical (unpaired) electrons. The van der Waals surface area contributed by atoms with Gasteiger partial charge in [0.05, 0.1) is 11.3 Å². The first-order valence-electron chi connectivity index (χ1n) is 7.25. The number of benzene rings is 1. The predicted octanol–water partition coefficient (Wildman–Crippen LogP) is 3.08. The second-order valence-electron chi connectivity index (χ2n) is 4.99. The average molecular weight is 356 g/mol. The van der Waals surface area contributed by atoms with Gasteiger partial charge in [-0.1, -0.05) is 17.3 Å². The van der Waals surface area contributed by atoms with Crippen LogP contribution in [0, 0.1) is 13.8 Å². The quantitative estimate of drug-likeness (QED) is 0.589. The molecule has 3 N–H and O–H groups in total. The van der Waals surface area contributed by atoms with Gasteiger partial charge in [0.1, 0.15) is 5.76 Å². The Bertz CT molecular complexity index is 627. The van der Waals surface area contributed by atoms with Crippen molar-refractivity contribution >= 4 is 30.1 Å². The number of nitrogens with zero attached hydrogens (tertiary/aromatic N) is 1. The summed E-state index contributed by atoms with van der Waals surface area (Å²) in [5.74, 6) is 1.50. The smallest absolute Gasteiger partial charge is 0.252 e. The Morgan fingerprint density at radius 3 is 2.74 bits per heavy atom. The first kappa shape index (κ1) is 19.5. The summed E-state index contributed by atoms with van der Waals surface area (Å²) in [5, 5.41) is 6.85. The van der Waals surface area contributed by atoms with Gasteiger partial charge >= 0.3 is 0 Å². The van der Waals surface area contributed by atoms with Crippen molar-refractivity contribution in [3.8, 4) is 0 Å². The van der Waals surface area contributed by atoms with E-state index in [1.54, 1.807) is 11.8 Å². The van der Waals surface area contributed by atoms with Crippen LogP contribution in [-0.2, 0) is 5.75 Å². The molecule has 0 fully saturated rings. The molecule has 2 rings (SSSR count). The van der Waals surface area contributed by atoms with E-state index in [4.69, 9.17) is 10.3 Å². The first-order chi connectivity index (χ1) is 10.6. The molecule has 1 aromatic heterocycles. The molecule has 126 valence electrons. The van der Waals surface area contributed by atoms with Crippen LogP contribution in [-0.4, -0.2) is 24.2 Å². The van der Waals surface area contributed by atoms with Crippen LogP contribution >= 0.6 is 24.2 Å². The number of hydrogen-bond acceptors (Lipinski definition) is 5. The minimum Gasteiger partial charge on any atom is -0.361 e. The van der Waals surface area contributed by atoms with Crippen LogP contribution in [0.5, 0.6) is 0 Å². The zero-order valence-corrected chi connectivity index (χ0v) is 14.9. The van der Waals surface area contributed by atoms with E-state index in [1.807, 2.05) is 38.1 Å². The van der Waals surface area contributed by atoms with Crippen LogP contribution in [0.1, 0.15) is 33.8 Å². The van der Waals surface area contributed by atoms with Crippen molar-refractivity contribution in [2.75, 3.05) is 13.1 Å². The molecule has 0 bridgehead atoms. The Kier molecular flexibility index (Phi) is 8.16. The SMILES string of the molecule is Cc1noc(C)c1CSc1ccccc1C(=O)NCCCN.Cl. The first-order valence-corrected chi connectivity index (χ1v) is 8.24. The Hall–Kier alpha value is -1.50. The lowest BCUT2D eigenvalue weighted by Crippen LogP contribution is -2.26. The topological polar surface area (TPSA) is 81.2 Å². The molecule has 0 saturated carbocycles. The number of amides is 1. The lowest BCUT2D eigenvalue weighted by molar-refractivity contribution is 0.0950. The lowest BCUT2D eigenvalue weighted by atomic mass is 10.2. The number of thioether (sulfide) groups is 1. The summed E-state index contributed by atoms with van der Waals surface area (Å²) in [6, 6.07) is 7.61. The molecule has 1 amide bonds. The average Bonchev–Trinajstić information content (AvgIpc) is 2.84. The van der Waals surface area contributed by atoms with E-state index in [9.17, 15) is 4.79 Å². The van der Waals surface area contributed by atoms with Crippen LogP contribution in [0.25, 0.3) is 0 Å². The summed E-state index contributed by atoms with van der Waals surface area (Å²) in [6.07, 6.45) is 0.778. The third-order valence-corrected chi connectivity index (χ3v) is 4.45. The number of aromatic nitrogens is 1. The fraction of sp³-hybridized carbons (Fsp3) is 0.375. The molecule has 0 atom stereocenters. The highest BCUT2D eigenvalue weighted by molar-refractivity contribution is 7.98. The molecular weight excluding hydrogens is 334 g/mol. The minimum atomic E-state index is -0.0599. The summed E-state index contributed by atoms with van der Waals surface area (Å²) < 4.78 is 5.17. The van der Waals surface area contributed by atoms with Gasteiger partial charge in [0.25, 0.3) is 5.91 Å². The monoisotopic (exact) mass is 355 g/mol. The maximum atomic E-state index is 12.2. The Labute approximate surface area is 146 Å². The molecule has 1 heterocycles. The fourth-order valence-corrected chi connectivity index (χ4v) is 3.24. The van der Waals surface area contributed by atoms with Gasteiger partial charge in [0, 0.05) is 22.8 Å². The summed E-state index contributed by atoms with van der Waals surface area (Å²) in [4.78, 5) is 13.2. The van der Waals surface area contributed by atoms with Crippen molar-refractivity contribution in [3.63, 3.8) is 0 Å². The number of carbonyl (C=O) groups excluding carboxylic acids is 1. The van der Waals surface area contributed by atoms with E-state index in [0.717, 1.165) is 34.1 Å². The van der Waals surface area contributed by atoms with Crippen molar-refractivity contribution < 1.29 is 9.32 Å². The van der Waals surface area contributed by atoms with E-state index >= 15 is 0 Å². The van der Waals surface area contributed by atoms with Crippen molar-refractivity contribution in [2.24, 2.45) is 5.73 Å². The Morgan fingerprint density at radius 1 is 1.35 bits per heavy atom. The van der Waals surface area contributed by atoms with Crippen molar-refractivity contribution in [1.29, 1.82) is 0 Å². The van der Waals surface area contributed by atoms with E-state index in [-0.39, 0.29) is 18.3 Å². The van der Waals surface area contributed by atoms with E-state index < -0.39 is 0 Å². The summed E-state index contributed by atoms with van der Waals surface area (Å²) >= 11 is 1.62. The number of nitrogens with one attached hydrogen (secondary N) is 1. The number of hydrogen-bond donors (Lipinski definition) is 2. The van der Waals surface area contributed by atoms with Crippen molar-refractivity contribution in [2.45, 2.75) is 30.9 Å². The highest BCUT2D eigenvalue weighted by atomic mass is 35.5. The van der Waals surface area contributed by atoms with E-state index in [1.165, 1.54) is 0 Å². The standard InChI is InChI=1S/C16H21N3O2S.ClH/c1-11-14(12(2)21-19-11)10-22-15-7-4-3-6-13(15)16(20)18-9-5-8-17;/h3-4,6-7H,5,8-10,17H2,1-2H3,(H,18,20);1H. The van der Waals surface area contributed by atoms with Gasteiger partial charge in [-0.3, -0.25) is 4.79 Å². The number of nitrogens with two attached hydrogens (primary N) is 1. The molecule has 0 saturated heterocycles. The number of halogens is 1. The Balaban J connectivity index is 0.00000264. The molecule has 5 nitrogen and oxygen atoms in total. The molecule has 0 aliphatic carbocycles. The lowest BCUT2D eigenvalue weighted by Gasteiger charge is -2.09. The zero-order chi connectivity index (χ0) is 15.9.